The van der Waals surface area contributed by atoms with Crippen LogP contribution in [0.4, 0.5) is 0 Å². The predicted molar refractivity (Wildman–Crippen MR) is 49.0 cm³/mol. The normalized spacial score (nSPS) is 0. The van der Waals surface area contributed by atoms with Crippen molar-refractivity contribution in [3.63, 3.8) is 0 Å². The van der Waals surface area contributed by atoms with Gasteiger partial charge in [0.1, 0.15) is 0 Å². The molecule has 0 aliphatic heterocycles. The molecule has 0 radical (unpaired) electrons. The highest BCUT2D eigenvalue weighted by molar-refractivity contribution is 6.92. The summed E-state index contributed by atoms with van der Waals surface area (Å²) in [5, 5.41) is 0. The van der Waals surface area contributed by atoms with Gasteiger partial charge in [0, 0.05) is 0 Å². The third-order valence-corrected chi connectivity index (χ3v) is 0. The summed E-state index contributed by atoms with van der Waals surface area (Å²) in [6.07, 6.45) is 0. The van der Waals surface area contributed by atoms with E-state index < -0.39 is 0 Å². The second-order valence-corrected chi connectivity index (χ2v) is 0. The van der Waals surface area contributed by atoms with Crippen molar-refractivity contribution in [3.05, 3.63) is 0 Å². The average Bonchev–Trinajstić information content (AvgIpc) is 0. The molecule has 0 bridgehead atoms. The minimum atomic E-state index is 0. The summed E-state index contributed by atoms with van der Waals surface area (Å²) in [5.74, 6) is 0. The van der Waals surface area contributed by atoms with Gasteiger partial charge in [-0.05, 0) is 11.0 Å². The van der Waals surface area contributed by atoms with Crippen LogP contribution in [0.5, 0.6) is 0 Å². The van der Waals surface area contributed by atoms with Crippen molar-refractivity contribution in [2.45, 2.75) is 7.43 Å². The minimum absolute atomic E-state index is 0. The van der Waals surface area contributed by atoms with E-state index in [1.807, 2.05) is 0 Å². The molecule has 0 aromatic heterocycles. The lowest BCUT2D eigenvalue weighted by atomic mass is 10.8. The molecule has 0 rings (SSSR count). The lowest BCUT2D eigenvalue weighted by Gasteiger charge is -0.153. The first-order valence-corrected chi connectivity index (χ1v) is 0. The Kier molecular flexibility index (Phi) is 1350. The Morgan fingerprint density at radius 1 is 1.00 bits per heavy atom. The van der Waals surface area contributed by atoms with Gasteiger partial charge in [-0.1, -0.05) is 7.43 Å². The molecule has 0 aliphatic carbocycles. The van der Waals surface area contributed by atoms with Gasteiger partial charge in [0.05, 0.1) is 8.41 Å². The van der Waals surface area contributed by atoms with Crippen molar-refractivity contribution in [2.24, 2.45) is 0 Å². The maximum Gasteiger partial charge on any atom is 0.187 e. The molecule has 0 fully saturated rings. The van der Waals surface area contributed by atoms with Crippen LogP contribution in [0.2, 0.25) is 0 Å². The molecule has 5 heavy (non-hydrogen) atoms. The fourth-order valence-electron chi connectivity index (χ4n) is 0. The van der Waals surface area contributed by atoms with Gasteiger partial charge in [-0.25, -0.2) is 0 Å². The third kappa shape index (κ3) is 35.7. The van der Waals surface area contributed by atoms with Crippen molar-refractivity contribution in [2.75, 3.05) is 0 Å². The number of hydrogen-bond acceptors (Lipinski definition) is 0. The number of rotatable bonds is 0. The highest BCUT2D eigenvalue weighted by atomic mass is 31.0. The fourth-order valence-corrected chi connectivity index (χ4v) is 0. The van der Waals surface area contributed by atoms with Crippen LogP contribution >= 0.6 is 9.90 Å². The molecule has 0 nitrogen and oxygen atoms in total. The quantitative estimate of drug-likeness (QED) is 0.238. The Morgan fingerprint density at radius 2 is 1.00 bits per heavy atom. The van der Waals surface area contributed by atoms with Crippen LogP contribution in [0.15, 0.2) is 0 Å². The van der Waals surface area contributed by atoms with Crippen LogP contribution in [0, 0.1) is 0 Å². The first kappa shape index (κ1) is 111. The van der Waals surface area contributed by atoms with E-state index in [9.17, 15) is 0 Å². The van der Waals surface area contributed by atoms with Gasteiger partial charge >= 0.3 is 0 Å². The second-order valence-electron chi connectivity index (χ2n) is 0. The highest BCUT2D eigenvalue weighted by Gasteiger charge is 0.187. The second kappa shape index (κ2) is 61.0. The predicted octanol–water partition coefficient (Wildman–Crippen LogP) is -3.13. The number of hydrogen-bond donors (Lipinski definition) is 0. The van der Waals surface area contributed by atoms with Crippen LogP contribution in [-0.2, 0) is 0 Å². The van der Waals surface area contributed by atoms with Gasteiger partial charge in [-0.3, -0.25) is 0 Å². The summed E-state index contributed by atoms with van der Waals surface area (Å²) >= 11 is 0. The molecule has 0 saturated carbocycles. The summed E-state index contributed by atoms with van der Waals surface area (Å²) in [6, 6.07) is 0. The van der Waals surface area contributed by atoms with Gasteiger partial charge in [-0.2, -0.15) is 9.90 Å². The first-order valence-electron chi connectivity index (χ1n) is 0. The molecule has 0 amide bonds. The molecule has 0 heterocycles. The molecule has 0 aromatic carbocycles. The molecule has 1 unspecified atom stereocenters. The molecule has 0 aliphatic rings. The maximum absolute atomic E-state index is 0. The minimum Gasteiger partial charge on any atom is -0.153 e. The van der Waals surface area contributed by atoms with Gasteiger partial charge < -0.3 is 0 Å². The third-order valence-electron chi connectivity index (χ3n) is 0. The Bertz CT molecular complexity index is 11.6. The first-order chi connectivity index (χ1) is 0. The molecule has 0 saturated heterocycles. The van der Waals surface area contributed by atoms with Crippen molar-refractivity contribution < 1.29 is 0 Å². The van der Waals surface area contributed by atoms with E-state index in [0.29, 0.717) is 0 Å². The highest BCUT2D eigenvalue weighted by Crippen LogP contribution is 0.861. The molecule has 4 heteroatoms. The van der Waals surface area contributed by atoms with Crippen LogP contribution in [0.3, 0.4) is 0 Å². The molecule has 1 atom stereocenters. The van der Waals surface area contributed by atoms with Gasteiger partial charge in [0.25, 0.3) is 0 Å². The largest absolute Gasteiger partial charge is 0.187 e. The maximum atomic E-state index is 0. The Labute approximate surface area is 54.5 Å². The van der Waals surface area contributed by atoms with Crippen molar-refractivity contribution in [1.29, 1.82) is 0 Å². The zero-order chi connectivity index (χ0) is 0. The van der Waals surface area contributed by atoms with Crippen molar-refractivity contribution in [3.8, 4) is 0 Å². The Balaban J connectivity index is 0. The van der Waals surface area contributed by atoms with Crippen molar-refractivity contribution in [1.82, 2.24) is 0 Å². The van der Waals surface area contributed by atoms with Crippen molar-refractivity contribution >= 4 is 46.6 Å². The summed E-state index contributed by atoms with van der Waals surface area (Å²) in [4.78, 5) is 0. The summed E-state index contributed by atoms with van der Waals surface area (Å²) < 4.78 is 0. The average molecular weight is 126 g/mol. The zero-order valence-electron chi connectivity index (χ0n) is 0.707. The van der Waals surface area contributed by atoms with Crippen LogP contribution < -0.4 is 0 Å². The smallest absolute Gasteiger partial charge is 0.153 e. The van der Waals surface area contributed by atoms with E-state index in [2.05, 4.69) is 0 Å². The SMILES string of the molecule is B.C.P.[AlH3].[SiH4]. The van der Waals surface area contributed by atoms with Gasteiger partial charge in [-0.15, -0.1) is 0 Å². The Morgan fingerprint density at radius 3 is 1.00 bits per heavy atom. The van der Waals surface area contributed by atoms with Gasteiger partial charge in [0.15, 0.2) is 17.4 Å². The standard InChI is InChI=1S/CH4.Al.BH3.H3P.H4Si.3H/h1H4;;2*1H3;1H4;;;. The zero-order valence-corrected chi connectivity index (χ0v) is 2.12. The lowest BCUT2D eigenvalue weighted by Crippen LogP contribution is -0.382. The van der Waals surface area contributed by atoms with Crippen LogP contribution in [0.25, 0.3) is 0 Å². The summed E-state index contributed by atoms with van der Waals surface area (Å²) in [6.45, 7) is 0. The van der Waals surface area contributed by atoms with Crippen LogP contribution in [0.1, 0.15) is 7.43 Å². The van der Waals surface area contributed by atoms with E-state index in [1.54, 1.807) is 0 Å². The lowest BCUT2D eigenvalue weighted by molar-refractivity contribution is 2.50. The van der Waals surface area contributed by atoms with Gasteiger partial charge in [0.2, 0.25) is 0 Å². The van der Waals surface area contributed by atoms with E-state index in [0.717, 1.165) is 0 Å². The van der Waals surface area contributed by atoms with Crippen LogP contribution in [-0.4, -0.2) is 36.7 Å². The summed E-state index contributed by atoms with van der Waals surface area (Å²) in [7, 11) is 0. The van der Waals surface area contributed by atoms with E-state index >= 15 is 0 Å². The molecular weight excluding hydrogens is 109 g/mol. The molecule has 0 spiro atoms. The molecule has 0 aromatic rings. The van der Waals surface area contributed by atoms with E-state index in [4.69, 9.17) is 0 Å². The Hall–Kier alpha value is 1.24. The monoisotopic (exact) mass is 126 g/mol. The topological polar surface area (TPSA) is 0 Å². The molecule has 0 N–H and O–H groups in total. The molecular formula is CH17AlBPSi. The summed E-state index contributed by atoms with van der Waals surface area (Å²) in [5.41, 5.74) is 0. The van der Waals surface area contributed by atoms with E-state index in [1.165, 1.54) is 0 Å². The van der Waals surface area contributed by atoms with E-state index in [-0.39, 0.29) is 54.1 Å². The fraction of sp³-hybridized carbons (Fsp3) is 1.00. The molecule has 36 valence electrons.